The number of hydrogen-bond donors (Lipinski definition) is 3. The molecule has 0 spiro atoms. The minimum Gasteiger partial charge on any atom is -0.382 e. The molecule has 2 rings (SSSR count). The van der Waals surface area contributed by atoms with Crippen molar-refractivity contribution >= 4 is 17.7 Å². The minimum atomic E-state index is -1.11. The summed E-state index contributed by atoms with van der Waals surface area (Å²) in [4.78, 5) is 11.9. The van der Waals surface area contributed by atoms with Crippen molar-refractivity contribution in [2.24, 2.45) is 5.73 Å². The van der Waals surface area contributed by atoms with Crippen molar-refractivity contribution < 1.29 is 9.90 Å². The molecule has 0 saturated heterocycles. The Labute approximate surface area is 98.2 Å². The third-order valence-electron chi connectivity index (χ3n) is 2.59. The van der Waals surface area contributed by atoms with E-state index in [0.717, 1.165) is 5.75 Å². The normalized spacial score (nSPS) is 20.4. The highest BCUT2D eigenvalue weighted by Gasteiger charge is 2.23. The molecule has 4 N–H and O–H groups in total. The fourth-order valence-electron chi connectivity index (χ4n) is 1.69. The summed E-state index contributed by atoms with van der Waals surface area (Å²) in [6.07, 6.45) is -1.11. The van der Waals surface area contributed by atoms with Crippen molar-refractivity contribution in [3.63, 3.8) is 0 Å². The molecule has 0 radical (unpaired) electrons. The Morgan fingerprint density at radius 1 is 1.62 bits per heavy atom. The van der Waals surface area contributed by atoms with Gasteiger partial charge in [-0.25, -0.2) is 0 Å². The lowest BCUT2D eigenvalue weighted by molar-refractivity contribution is -0.125. The lowest BCUT2D eigenvalue weighted by Gasteiger charge is -2.14. The van der Waals surface area contributed by atoms with Crippen LogP contribution in [0.2, 0.25) is 0 Å². The first kappa shape index (κ1) is 11.4. The van der Waals surface area contributed by atoms with E-state index in [4.69, 9.17) is 5.73 Å². The fraction of sp³-hybridized carbons (Fsp3) is 0.364. The van der Waals surface area contributed by atoms with Gasteiger partial charge in [0, 0.05) is 23.2 Å². The Morgan fingerprint density at radius 3 is 3.12 bits per heavy atom. The monoisotopic (exact) mass is 238 g/mol. The summed E-state index contributed by atoms with van der Waals surface area (Å²) in [6, 6.07) is 8.32. The van der Waals surface area contributed by atoms with Crippen LogP contribution in [-0.2, 0) is 4.79 Å². The van der Waals surface area contributed by atoms with E-state index < -0.39 is 12.0 Å². The summed E-state index contributed by atoms with van der Waals surface area (Å²) in [5.41, 5.74) is 6.21. The van der Waals surface area contributed by atoms with E-state index in [1.165, 1.54) is 10.5 Å². The van der Waals surface area contributed by atoms with Gasteiger partial charge in [-0.2, -0.15) is 0 Å². The second-order valence-electron chi connectivity index (χ2n) is 3.73. The summed E-state index contributed by atoms with van der Waals surface area (Å²) >= 11 is 1.78. The van der Waals surface area contributed by atoms with E-state index in [1.54, 1.807) is 11.8 Å². The van der Waals surface area contributed by atoms with Crippen LogP contribution in [0.15, 0.2) is 29.2 Å². The van der Waals surface area contributed by atoms with Gasteiger partial charge < -0.3 is 16.2 Å². The predicted molar refractivity (Wildman–Crippen MR) is 63.1 cm³/mol. The second kappa shape index (κ2) is 4.86. The summed E-state index contributed by atoms with van der Waals surface area (Å²) in [7, 11) is 0. The number of fused-ring (bicyclic) bond motifs is 1. The van der Waals surface area contributed by atoms with Gasteiger partial charge in [-0.15, -0.1) is 11.8 Å². The lowest BCUT2D eigenvalue weighted by Crippen LogP contribution is -2.39. The van der Waals surface area contributed by atoms with E-state index in [1.807, 2.05) is 12.1 Å². The number of hydrogen-bond acceptors (Lipinski definition) is 4. The SMILES string of the molecule is NC(=O)C(O)CNC1CSc2ccccc21. The number of aliphatic hydroxyl groups excluding tert-OH is 1. The van der Waals surface area contributed by atoms with E-state index in [9.17, 15) is 9.90 Å². The highest BCUT2D eigenvalue weighted by Crippen LogP contribution is 2.37. The molecule has 1 aliphatic rings. The molecule has 1 heterocycles. The highest BCUT2D eigenvalue weighted by atomic mass is 32.2. The Bertz CT molecular complexity index is 397. The third kappa shape index (κ3) is 2.37. The molecule has 0 fully saturated rings. The summed E-state index contributed by atoms with van der Waals surface area (Å²) in [6.45, 7) is 0.203. The lowest BCUT2D eigenvalue weighted by atomic mass is 10.1. The standard InChI is InChI=1S/C11H14N2O2S/c12-11(15)9(14)5-13-8-6-16-10-4-2-1-3-7(8)10/h1-4,8-9,13-14H,5-6H2,(H2,12,15). The van der Waals surface area contributed by atoms with Crippen LogP contribution in [0.4, 0.5) is 0 Å². The zero-order valence-electron chi connectivity index (χ0n) is 8.72. The van der Waals surface area contributed by atoms with Crippen LogP contribution in [0.3, 0.4) is 0 Å². The van der Waals surface area contributed by atoms with Crippen LogP contribution in [0.5, 0.6) is 0 Å². The molecule has 1 amide bonds. The number of nitrogens with one attached hydrogen (secondary N) is 1. The number of thioether (sulfide) groups is 1. The van der Waals surface area contributed by atoms with E-state index in [0.29, 0.717) is 0 Å². The van der Waals surface area contributed by atoms with Crippen LogP contribution in [0.1, 0.15) is 11.6 Å². The first-order chi connectivity index (χ1) is 7.68. The zero-order chi connectivity index (χ0) is 11.5. The number of amides is 1. The summed E-state index contributed by atoms with van der Waals surface area (Å²) < 4.78 is 0. The van der Waals surface area contributed by atoms with Gasteiger partial charge in [0.25, 0.3) is 0 Å². The van der Waals surface area contributed by atoms with Gasteiger partial charge in [-0.1, -0.05) is 18.2 Å². The number of nitrogens with two attached hydrogens (primary N) is 1. The zero-order valence-corrected chi connectivity index (χ0v) is 9.54. The molecule has 86 valence electrons. The number of carbonyl (C=O) groups excluding carboxylic acids is 1. The van der Waals surface area contributed by atoms with Crippen LogP contribution < -0.4 is 11.1 Å². The van der Waals surface area contributed by atoms with Gasteiger partial charge in [-0.05, 0) is 11.6 Å². The predicted octanol–water partition coefficient (Wildman–Crippen LogP) is 0.269. The van der Waals surface area contributed by atoms with E-state index in [2.05, 4.69) is 17.4 Å². The second-order valence-corrected chi connectivity index (χ2v) is 4.79. The van der Waals surface area contributed by atoms with Crippen LogP contribution in [0, 0.1) is 0 Å². The van der Waals surface area contributed by atoms with Gasteiger partial charge in [-0.3, -0.25) is 4.79 Å². The van der Waals surface area contributed by atoms with Crippen molar-refractivity contribution in [2.75, 3.05) is 12.3 Å². The van der Waals surface area contributed by atoms with Crippen LogP contribution in [0.25, 0.3) is 0 Å². The van der Waals surface area contributed by atoms with Gasteiger partial charge >= 0.3 is 0 Å². The molecule has 4 nitrogen and oxygen atoms in total. The molecule has 0 saturated carbocycles. The molecule has 0 bridgehead atoms. The number of primary amides is 1. The Kier molecular flexibility index (Phi) is 3.48. The Hall–Kier alpha value is -1.04. The molecule has 16 heavy (non-hydrogen) atoms. The van der Waals surface area contributed by atoms with Gasteiger partial charge in [0.05, 0.1) is 0 Å². The first-order valence-electron chi connectivity index (χ1n) is 5.11. The van der Waals surface area contributed by atoms with Crippen molar-refractivity contribution in [3.05, 3.63) is 29.8 Å². The molecule has 1 aromatic carbocycles. The van der Waals surface area contributed by atoms with Gasteiger partial charge in [0.15, 0.2) is 0 Å². The molecule has 0 aromatic heterocycles. The molecule has 0 aliphatic carbocycles. The maximum atomic E-state index is 10.7. The maximum Gasteiger partial charge on any atom is 0.247 e. The maximum absolute atomic E-state index is 10.7. The summed E-state index contributed by atoms with van der Waals surface area (Å²) in [5, 5.41) is 12.4. The molecular formula is C11H14N2O2S. The highest BCUT2D eigenvalue weighted by molar-refractivity contribution is 7.99. The molecular weight excluding hydrogens is 224 g/mol. The number of rotatable bonds is 4. The fourth-order valence-corrected chi connectivity index (χ4v) is 2.88. The molecule has 2 unspecified atom stereocenters. The van der Waals surface area contributed by atoms with E-state index >= 15 is 0 Å². The topological polar surface area (TPSA) is 75.4 Å². The average molecular weight is 238 g/mol. The Balaban J connectivity index is 1.96. The molecule has 5 heteroatoms. The van der Waals surface area contributed by atoms with Crippen molar-refractivity contribution in [2.45, 2.75) is 17.0 Å². The molecule has 1 aliphatic heterocycles. The average Bonchev–Trinajstić information content (AvgIpc) is 2.69. The third-order valence-corrected chi connectivity index (χ3v) is 3.77. The Morgan fingerprint density at radius 2 is 2.38 bits per heavy atom. The van der Waals surface area contributed by atoms with E-state index in [-0.39, 0.29) is 12.6 Å². The van der Waals surface area contributed by atoms with Crippen molar-refractivity contribution in [3.8, 4) is 0 Å². The van der Waals surface area contributed by atoms with Gasteiger partial charge in [0.2, 0.25) is 5.91 Å². The first-order valence-corrected chi connectivity index (χ1v) is 6.09. The minimum absolute atomic E-state index is 0.190. The largest absolute Gasteiger partial charge is 0.382 e. The number of aliphatic hydroxyl groups is 1. The molecule has 1 aromatic rings. The number of benzene rings is 1. The van der Waals surface area contributed by atoms with Crippen LogP contribution >= 0.6 is 11.8 Å². The van der Waals surface area contributed by atoms with Crippen molar-refractivity contribution in [1.82, 2.24) is 5.32 Å². The summed E-state index contributed by atoms with van der Waals surface area (Å²) in [5.74, 6) is 0.233. The van der Waals surface area contributed by atoms with Crippen LogP contribution in [-0.4, -0.2) is 29.4 Å². The van der Waals surface area contributed by atoms with Crippen molar-refractivity contribution in [1.29, 1.82) is 0 Å². The quantitative estimate of drug-likeness (QED) is 0.704. The smallest absolute Gasteiger partial charge is 0.247 e. The molecule has 2 atom stereocenters. The number of carbonyl (C=O) groups is 1. The van der Waals surface area contributed by atoms with Gasteiger partial charge in [0.1, 0.15) is 6.10 Å².